The number of carbonyl (C=O) groups is 1. The Morgan fingerprint density at radius 2 is 2.12 bits per heavy atom. The van der Waals surface area contributed by atoms with E-state index in [2.05, 4.69) is 6.92 Å². The summed E-state index contributed by atoms with van der Waals surface area (Å²) < 4.78 is 5.60. The van der Waals surface area contributed by atoms with Gasteiger partial charge >= 0.3 is 5.97 Å². The number of hydrogen-bond acceptors (Lipinski definition) is 4. The summed E-state index contributed by atoms with van der Waals surface area (Å²) in [6, 6.07) is 0. The average Bonchev–Trinajstić information content (AvgIpc) is 2.61. The van der Waals surface area contributed by atoms with Crippen molar-refractivity contribution in [2.24, 2.45) is 0 Å². The molecule has 0 aliphatic carbocycles. The summed E-state index contributed by atoms with van der Waals surface area (Å²) in [5.41, 5.74) is -0.396. The molecule has 0 spiro atoms. The molecule has 1 N–H and O–H groups in total. The predicted octanol–water partition coefficient (Wildman–Crippen LogP) is 2.35. The third kappa shape index (κ3) is 5.02. The maximum Gasteiger partial charge on any atom is 0.303 e. The first-order chi connectivity index (χ1) is 8.08. The lowest BCUT2D eigenvalue weighted by molar-refractivity contribution is -0.137. The molecule has 0 radical (unpaired) electrons. The first-order valence-corrected chi connectivity index (χ1v) is 6.36. The molecule has 1 saturated heterocycles. The maximum atomic E-state index is 11.3. The molecule has 1 unspecified atom stereocenters. The maximum absolute atomic E-state index is 11.3. The van der Waals surface area contributed by atoms with Crippen molar-refractivity contribution in [1.29, 1.82) is 0 Å². The smallest absolute Gasteiger partial charge is 0.303 e. The zero-order valence-electron chi connectivity index (χ0n) is 10.5. The SMILES string of the molecule is CCCCCC1(CCCC(=O)O)CN([O-])CO1. The molecule has 17 heavy (non-hydrogen) atoms. The highest BCUT2D eigenvalue weighted by Crippen LogP contribution is 2.31. The molecule has 0 aromatic carbocycles. The largest absolute Gasteiger partial charge is 0.783 e. The summed E-state index contributed by atoms with van der Waals surface area (Å²) in [6.45, 7) is 2.64. The van der Waals surface area contributed by atoms with E-state index < -0.39 is 11.6 Å². The zero-order valence-corrected chi connectivity index (χ0v) is 10.5. The minimum Gasteiger partial charge on any atom is -0.783 e. The van der Waals surface area contributed by atoms with E-state index in [0.29, 0.717) is 19.4 Å². The van der Waals surface area contributed by atoms with Gasteiger partial charge in [-0.1, -0.05) is 26.2 Å². The number of hydroxylamine groups is 2. The van der Waals surface area contributed by atoms with Crippen LogP contribution in [0.15, 0.2) is 0 Å². The van der Waals surface area contributed by atoms with Crippen LogP contribution in [-0.2, 0) is 9.53 Å². The summed E-state index contributed by atoms with van der Waals surface area (Å²) in [5, 5.41) is 20.8. The fraction of sp³-hybridized carbons (Fsp3) is 0.917. The van der Waals surface area contributed by atoms with Crippen LogP contribution in [0.1, 0.15) is 51.9 Å². The van der Waals surface area contributed by atoms with Gasteiger partial charge in [-0.2, -0.15) is 0 Å². The number of carboxylic acid groups (broad SMARTS) is 1. The molecule has 0 bridgehead atoms. The van der Waals surface area contributed by atoms with Crippen LogP contribution in [0.3, 0.4) is 0 Å². The molecule has 1 aliphatic rings. The molecule has 100 valence electrons. The lowest BCUT2D eigenvalue weighted by Gasteiger charge is -2.29. The van der Waals surface area contributed by atoms with Crippen molar-refractivity contribution < 1.29 is 14.6 Å². The van der Waals surface area contributed by atoms with Gasteiger partial charge in [-0.05, 0) is 19.3 Å². The van der Waals surface area contributed by atoms with Crippen LogP contribution in [0.5, 0.6) is 0 Å². The molecule has 0 saturated carbocycles. The Bertz CT molecular complexity index is 247. The molecular formula is C12H22NO4-. The fourth-order valence-corrected chi connectivity index (χ4v) is 2.31. The summed E-state index contributed by atoms with van der Waals surface area (Å²) in [5.74, 6) is -0.786. The van der Waals surface area contributed by atoms with Gasteiger partial charge in [0.25, 0.3) is 0 Å². The molecule has 1 heterocycles. The quantitative estimate of drug-likeness (QED) is 0.663. The predicted molar refractivity (Wildman–Crippen MR) is 64.4 cm³/mol. The van der Waals surface area contributed by atoms with Crippen LogP contribution >= 0.6 is 0 Å². The van der Waals surface area contributed by atoms with Gasteiger partial charge in [0.1, 0.15) is 0 Å². The van der Waals surface area contributed by atoms with Crippen molar-refractivity contribution in [3.05, 3.63) is 5.21 Å². The van der Waals surface area contributed by atoms with Crippen molar-refractivity contribution in [3.8, 4) is 0 Å². The summed E-state index contributed by atoms with van der Waals surface area (Å²) in [6.07, 6.45) is 5.56. The second-order valence-electron chi connectivity index (χ2n) is 4.80. The molecule has 5 heteroatoms. The topological polar surface area (TPSA) is 72.8 Å². The number of aliphatic carboxylic acids is 1. The first kappa shape index (κ1) is 14.4. The van der Waals surface area contributed by atoms with Crippen molar-refractivity contribution >= 4 is 5.97 Å². The third-order valence-electron chi connectivity index (χ3n) is 3.24. The number of unbranched alkanes of at least 4 members (excludes halogenated alkanes) is 2. The van der Waals surface area contributed by atoms with Crippen LogP contribution in [0.4, 0.5) is 0 Å². The first-order valence-electron chi connectivity index (χ1n) is 6.36. The van der Waals surface area contributed by atoms with Gasteiger partial charge in [0, 0.05) is 13.0 Å². The highest BCUT2D eigenvalue weighted by atomic mass is 16.6. The Hall–Kier alpha value is -0.650. The highest BCUT2D eigenvalue weighted by Gasteiger charge is 2.35. The minimum atomic E-state index is -0.786. The summed E-state index contributed by atoms with van der Waals surface area (Å²) in [4.78, 5) is 10.5. The molecular weight excluding hydrogens is 222 g/mol. The van der Waals surface area contributed by atoms with Gasteiger partial charge < -0.3 is 20.1 Å². The van der Waals surface area contributed by atoms with Gasteiger partial charge in [-0.15, -0.1) is 0 Å². The lowest BCUT2D eigenvalue weighted by atomic mass is 9.90. The number of ether oxygens (including phenoxy) is 1. The van der Waals surface area contributed by atoms with Gasteiger partial charge in [-0.25, -0.2) is 0 Å². The van der Waals surface area contributed by atoms with Gasteiger partial charge in [-0.3, -0.25) is 4.79 Å². The second kappa shape index (κ2) is 6.93. The fourth-order valence-electron chi connectivity index (χ4n) is 2.31. The van der Waals surface area contributed by atoms with E-state index in [9.17, 15) is 10.0 Å². The van der Waals surface area contributed by atoms with E-state index >= 15 is 0 Å². The molecule has 0 aromatic heterocycles. The number of rotatable bonds is 8. The Morgan fingerprint density at radius 3 is 2.65 bits per heavy atom. The van der Waals surface area contributed by atoms with Crippen molar-refractivity contribution in [1.82, 2.24) is 5.06 Å². The van der Waals surface area contributed by atoms with E-state index in [1.54, 1.807) is 0 Å². The summed E-state index contributed by atoms with van der Waals surface area (Å²) >= 11 is 0. The molecule has 0 aromatic rings. The van der Waals surface area contributed by atoms with Gasteiger partial charge in [0.05, 0.1) is 12.3 Å². The number of carboxylic acids is 1. The summed E-state index contributed by atoms with van der Waals surface area (Å²) in [7, 11) is 0. The standard InChI is InChI=1S/C12H22NO4/c1-2-3-4-7-12(8-5-6-11(14)15)9-13(16)10-17-12/h2-10H2,1H3,(H,14,15)/q-1. The van der Waals surface area contributed by atoms with Crippen molar-refractivity contribution in [2.45, 2.75) is 57.5 Å². The zero-order chi connectivity index (χ0) is 12.7. The molecule has 1 aliphatic heterocycles. The van der Waals surface area contributed by atoms with E-state index in [1.807, 2.05) is 0 Å². The van der Waals surface area contributed by atoms with Crippen LogP contribution in [0.2, 0.25) is 0 Å². The molecule has 5 nitrogen and oxygen atoms in total. The van der Waals surface area contributed by atoms with Crippen molar-refractivity contribution in [2.75, 3.05) is 13.3 Å². The molecule has 1 atom stereocenters. The van der Waals surface area contributed by atoms with Crippen LogP contribution in [0, 0.1) is 5.21 Å². The third-order valence-corrected chi connectivity index (χ3v) is 3.24. The van der Waals surface area contributed by atoms with Gasteiger partial charge in [0.2, 0.25) is 0 Å². The van der Waals surface area contributed by atoms with E-state index in [0.717, 1.165) is 30.7 Å². The second-order valence-corrected chi connectivity index (χ2v) is 4.80. The van der Waals surface area contributed by atoms with Crippen LogP contribution < -0.4 is 0 Å². The Balaban J connectivity index is 2.39. The van der Waals surface area contributed by atoms with E-state index in [1.165, 1.54) is 0 Å². The minimum absolute atomic E-state index is 0.124. The highest BCUT2D eigenvalue weighted by molar-refractivity contribution is 5.66. The van der Waals surface area contributed by atoms with Crippen molar-refractivity contribution in [3.63, 3.8) is 0 Å². The molecule has 0 amide bonds. The van der Waals surface area contributed by atoms with Crippen LogP contribution in [0.25, 0.3) is 0 Å². The van der Waals surface area contributed by atoms with E-state index in [-0.39, 0.29) is 13.2 Å². The van der Waals surface area contributed by atoms with Gasteiger partial charge in [0.15, 0.2) is 0 Å². The number of hydrogen-bond donors (Lipinski definition) is 1. The monoisotopic (exact) mass is 244 g/mol. The molecule has 1 rings (SSSR count). The Labute approximate surface area is 102 Å². The Kier molecular flexibility index (Phi) is 5.88. The van der Waals surface area contributed by atoms with Crippen LogP contribution in [-0.4, -0.2) is 35.0 Å². The van der Waals surface area contributed by atoms with E-state index in [4.69, 9.17) is 9.84 Å². The normalized spacial score (nSPS) is 25.3. The average molecular weight is 244 g/mol. The number of nitrogens with zero attached hydrogens (tertiary/aromatic N) is 1. The molecule has 1 fully saturated rings. The Morgan fingerprint density at radius 1 is 1.41 bits per heavy atom. The lowest BCUT2D eigenvalue weighted by Crippen LogP contribution is -2.33.